The topological polar surface area (TPSA) is 26.3 Å². The lowest BCUT2D eigenvalue weighted by Gasteiger charge is -2.25. The summed E-state index contributed by atoms with van der Waals surface area (Å²) in [5.74, 6) is -6.56. The molecule has 0 unspecified atom stereocenters. The summed E-state index contributed by atoms with van der Waals surface area (Å²) in [4.78, 5) is 10.7. The van der Waals surface area contributed by atoms with Crippen LogP contribution in [0, 0.1) is 0 Å². The van der Waals surface area contributed by atoms with Gasteiger partial charge in [0.05, 0.1) is 0 Å². The van der Waals surface area contributed by atoms with Gasteiger partial charge in [0.25, 0.3) is 5.24 Å². The molecule has 0 aliphatic rings. The molecule has 0 atom stereocenters. The molecule has 0 N–H and O–H groups in total. The fraction of sp³-hybridized carbons (Fsp3) is 0.300. The summed E-state index contributed by atoms with van der Waals surface area (Å²) in [6.07, 6.45) is -10.0. The van der Waals surface area contributed by atoms with Gasteiger partial charge in [0.1, 0.15) is 5.75 Å². The van der Waals surface area contributed by atoms with Gasteiger partial charge < -0.3 is 4.74 Å². The van der Waals surface area contributed by atoms with Crippen LogP contribution in [0.25, 0.3) is 0 Å². The molecular formula is C10H5ClF6O2. The van der Waals surface area contributed by atoms with Crippen LogP contribution in [-0.4, -0.2) is 23.7 Å². The molecule has 9 heteroatoms. The average molecular weight is 307 g/mol. The number of hydrogen-bond acceptors (Lipinski definition) is 2. The summed E-state index contributed by atoms with van der Waals surface area (Å²) in [5.41, 5.74) is -0.310. The SMILES string of the molecule is O=C(Cl)c1cccc(OC(F)(F)C(F)(F)C(F)F)c1. The number of alkyl halides is 6. The molecule has 0 aliphatic carbocycles. The van der Waals surface area contributed by atoms with Gasteiger partial charge in [-0.25, -0.2) is 8.78 Å². The zero-order valence-corrected chi connectivity index (χ0v) is 9.60. The van der Waals surface area contributed by atoms with Crippen molar-refractivity contribution in [3.63, 3.8) is 0 Å². The van der Waals surface area contributed by atoms with Crippen molar-refractivity contribution in [3.8, 4) is 5.75 Å². The fourth-order valence-electron chi connectivity index (χ4n) is 1.02. The molecule has 1 aromatic rings. The van der Waals surface area contributed by atoms with Crippen LogP contribution in [0.3, 0.4) is 0 Å². The van der Waals surface area contributed by atoms with Gasteiger partial charge in [-0.05, 0) is 29.8 Å². The molecular weight excluding hydrogens is 302 g/mol. The third kappa shape index (κ3) is 3.31. The van der Waals surface area contributed by atoms with Gasteiger partial charge in [-0.1, -0.05) is 6.07 Å². The minimum Gasteiger partial charge on any atom is -0.428 e. The molecule has 0 fully saturated rings. The van der Waals surface area contributed by atoms with Crippen molar-refractivity contribution in [2.75, 3.05) is 0 Å². The Balaban J connectivity index is 3.01. The molecule has 0 bridgehead atoms. The van der Waals surface area contributed by atoms with Crippen molar-refractivity contribution < 1.29 is 35.9 Å². The first-order chi connectivity index (χ1) is 8.58. The first-order valence-electron chi connectivity index (χ1n) is 4.60. The summed E-state index contributed by atoms with van der Waals surface area (Å²) in [6.45, 7) is 0. The van der Waals surface area contributed by atoms with Gasteiger partial charge in [0.2, 0.25) is 0 Å². The van der Waals surface area contributed by atoms with Gasteiger partial charge in [-0.15, -0.1) is 0 Å². The predicted molar refractivity (Wildman–Crippen MR) is 53.2 cm³/mol. The highest BCUT2D eigenvalue weighted by molar-refractivity contribution is 6.67. The summed E-state index contributed by atoms with van der Waals surface area (Å²) >= 11 is 5.04. The van der Waals surface area contributed by atoms with Crippen molar-refractivity contribution >= 4 is 16.8 Å². The molecule has 0 aliphatic heterocycles. The smallest absolute Gasteiger partial charge is 0.428 e. The Hall–Kier alpha value is -1.44. The van der Waals surface area contributed by atoms with E-state index in [2.05, 4.69) is 4.74 Å². The molecule has 0 aromatic heterocycles. The van der Waals surface area contributed by atoms with E-state index in [1.54, 1.807) is 0 Å². The Morgan fingerprint density at radius 1 is 1.21 bits per heavy atom. The molecule has 1 rings (SSSR count). The van der Waals surface area contributed by atoms with Crippen LogP contribution in [0.2, 0.25) is 0 Å². The molecule has 1 aromatic carbocycles. The molecule has 0 spiro atoms. The second kappa shape index (κ2) is 5.28. The monoisotopic (exact) mass is 306 g/mol. The third-order valence-corrected chi connectivity index (χ3v) is 2.19. The number of ether oxygens (including phenoxy) is 1. The van der Waals surface area contributed by atoms with Crippen molar-refractivity contribution in [3.05, 3.63) is 29.8 Å². The van der Waals surface area contributed by atoms with Crippen molar-refractivity contribution in [1.82, 2.24) is 0 Å². The minimum absolute atomic E-state index is 0.310. The molecule has 2 nitrogen and oxygen atoms in total. The largest absolute Gasteiger partial charge is 0.470 e. The molecule has 0 heterocycles. The maximum absolute atomic E-state index is 12.9. The fourth-order valence-corrected chi connectivity index (χ4v) is 1.14. The van der Waals surface area contributed by atoms with Crippen LogP contribution in [0.5, 0.6) is 5.75 Å². The van der Waals surface area contributed by atoms with E-state index in [9.17, 15) is 31.1 Å². The normalized spacial score (nSPS) is 12.6. The summed E-state index contributed by atoms with van der Waals surface area (Å²) in [5, 5.41) is -1.05. The van der Waals surface area contributed by atoms with E-state index in [0.29, 0.717) is 6.07 Å². The number of benzene rings is 1. The molecule has 0 saturated carbocycles. The van der Waals surface area contributed by atoms with E-state index in [1.165, 1.54) is 0 Å². The first kappa shape index (κ1) is 15.6. The number of carbonyl (C=O) groups excluding carboxylic acids is 1. The lowest BCUT2D eigenvalue weighted by Crippen LogP contribution is -2.50. The predicted octanol–water partition coefficient (Wildman–Crippen LogP) is 3.94. The lowest BCUT2D eigenvalue weighted by molar-refractivity contribution is -0.342. The van der Waals surface area contributed by atoms with Crippen LogP contribution >= 0.6 is 11.6 Å². The highest BCUT2D eigenvalue weighted by Gasteiger charge is 2.66. The Labute approximate surface area is 107 Å². The molecule has 19 heavy (non-hydrogen) atoms. The Morgan fingerprint density at radius 2 is 1.79 bits per heavy atom. The molecule has 106 valence electrons. The maximum Gasteiger partial charge on any atom is 0.470 e. The van der Waals surface area contributed by atoms with Crippen LogP contribution in [0.1, 0.15) is 10.4 Å². The number of hydrogen-bond donors (Lipinski definition) is 0. The zero-order chi connectivity index (χ0) is 14.8. The summed E-state index contributed by atoms with van der Waals surface area (Å²) in [6, 6.07) is 3.54. The van der Waals surface area contributed by atoms with Crippen LogP contribution in [-0.2, 0) is 0 Å². The maximum atomic E-state index is 12.9. The van der Waals surface area contributed by atoms with E-state index >= 15 is 0 Å². The van der Waals surface area contributed by atoms with E-state index in [-0.39, 0.29) is 5.56 Å². The van der Waals surface area contributed by atoms with Gasteiger partial charge >= 0.3 is 18.5 Å². The summed E-state index contributed by atoms with van der Waals surface area (Å²) < 4.78 is 78.1. The van der Waals surface area contributed by atoms with Crippen molar-refractivity contribution in [2.24, 2.45) is 0 Å². The van der Waals surface area contributed by atoms with Crippen molar-refractivity contribution in [2.45, 2.75) is 18.5 Å². The van der Waals surface area contributed by atoms with Gasteiger partial charge in [0.15, 0.2) is 0 Å². The van der Waals surface area contributed by atoms with E-state index in [0.717, 1.165) is 18.2 Å². The average Bonchev–Trinajstić information content (AvgIpc) is 2.28. The quantitative estimate of drug-likeness (QED) is 0.608. The first-order valence-corrected chi connectivity index (χ1v) is 4.98. The second-order valence-electron chi connectivity index (χ2n) is 3.34. The van der Waals surface area contributed by atoms with Crippen LogP contribution in [0.15, 0.2) is 24.3 Å². The number of rotatable bonds is 5. The third-order valence-electron chi connectivity index (χ3n) is 1.97. The van der Waals surface area contributed by atoms with Gasteiger partial charge in [-0.3, -0.25) is 4.79 Å². The highest BCUT2D eigenvalue weighted by atomic mass is 35.5. The van der Waals surface area contributed by atoms with Gasteiger partial charge in [0, 0.05) is 5.56 Å². The molecule has 0 radical (unpaired) electrons. The standard InChI is InChI=1S/C10H5ClF6O2/c11-7(18)5-2-1-3-6(4-5)19-10(16,17)9(14,15)8(12)13/h1-4,8H. The number of carbonyl (C=O) groups is 1. The zero-order valence-electron chi connectivity index (χ0n) is 8.85. The van der Waals surface area contributed by atoms with Crippen LogP contribution < -0.4 is 4.74 Å². The lowest BCUT2D eigenvalue weighted by atomic mass is 10.2. The molecule has 0 amide bonds. The highest BCUT2D eigenvalue weighted by Crippen LogP contribution is 2.40. The van der Waals surface area contributed by atoms with Crippen LogP contribution in [0.4, 0.5) is 26.3 Å². The minimum atomic E-state index is -5.67. The second-order valence-corrected chi connectivity index (χ2v) is 3.69. The van der Waals surface area contributed by atoms with Gasteiger partial charge in [-0.2, -0.15) is 17.6 Å². The Bertz CT molecular complexity index is 477. The van der Waals surface area contributed by atoms with E-state index in [4.69, 9.17) is 11.6 Å². The summed E-state index contributed by atoms with van der Waals surface area (Å²) in [7, 11) is 0. The number of halogens is 7. The Kier molecular flexibility index (Phi) is 4.34. The van der Waals surface area contributed by atoms with E-state index < -0.39 is 29.4 Å². The Morgan fingerprint density at radius 3 is 2.26 bits per heavy atom. The van der Waals surface area contributed by atoms with Crippen molar-refractivity contribution in [1.29, 1.82) is 0 Å². The molecule has 0 saturated heterocycles. The van der Waals surface area contributed by atoms with E-state index in [1.807, 2.05) is 0 Å².